The largest absolute Gasteiger partial charge is 0.462 e. The summed E-state index contributed by atoms with van der Waals surface area (Å²) < 4.78 is 6.39. The maximum atomic E-state index is 13.8. The number of carbonyl (C=O) groups is 1. The van der Waals surface area contributed by atoms with Crippen molar-refractivity contribution in [3.63, 3.8) is 0 Å². The van der Waals surface area contributed by atoms with Crippen molar-refractivity contribution in [3.05, 3.63) is 124 Å². The predicted octanol–water partition coefficient (Wildman–Crippen LogP) is 4.88. The Balaban J connectivity index is 1.75. The number of ether oxygens (including phenoxy) is 1. The number of esters is 1. The Morgan fingerprint density at radius 3 is 2.16 bits per heavy atom. The molecule has 2 aromatic heterocycles. The maximum Gasteiger partial charge on any atom is 0.346 e. The van der Waals surface area contributed by atoms with E-state index in [-0.39, 0.29) is 24.4 Å². The van der Waals surface area contributed by atoms with Crippen LogP contribution in [0.25, 0.3) is 22.3 Å². The van der Waals surface area contributed by atoms with Gasteiger partial charge in [-0.2, -0.15) is 0 Å². The fourth-order valence-corrected chi connectivity index (χ4v) is 4.19. The first-order valence-electron chi connectivity index (χ1n) is 12.3. The Morgan fingerprint density at radius 1 is 0.868 bits per heavy atom. The van der Waals surface area contributed by atoms with E-state index in [1.54, 1.807) is 6.92 Å². The molecule has 1 N–H and O–H groups in total. The Hall–Kier alpha value is -4.98. The van der Waals surface area contributed by atoms with Crippen molar-refractivity contribution in [2.24, 2.45) is 0 Å². The zero-order chi connectivity index (χ0) is 26.3. The van der Waals surface area contributed by atoms with Crippen LogP contribution in [0.4, 0.5) is 5.69 Å². The molecule has 5 rings (SSSR count). The van der Waals surface area contributed by atoms with Gasteiger partial charge in [0.25, 0.3) is 0 Å². The number of benzene rings is 3. The molecule has 2 heterocycles. The number of rotatable bonds is 9. The molecule has 0 bridgehead atoms. The molecular formula is C30H26N4O4. The molecule has 0 fully saturated rings. The quantitative estimate of drug-likeness (QED) is 0.285. The van der Waals surface area contributed by atoms with Gasteiger partial charge >= 0.3 is 11.5 Å². The van der Waals surface area contributed by atoms with Crippen molar-refractivity contribution in [3.8, 4) is 11.3 Å². The maximum absolute atomic E-state index is 13.8. The third-order valence-corrected chi connectivity index (χ3v) is 5.96. The molecule has 0 aliphatic heterocycles. The van der Waals surface area contributed by atoms with Crippen molar-refractivity contribution >= 4 is 22.7 Å². The van der Waals surface area contributed by atoms with Gasteiger partial charge in [0.15, 0.2) is 11.2 Å². The summed E-state index contributed by atoms with van der Waals surface area (Å²) in [5, 5.41) is 3.79. The molecule has 0 aliphatic carbocycles. The number of aromatic nitrogens is 3. The number of nitrogens with one attached hydrogen (secondary N) is 1. The van der Waals surface area contributed by atoms with Gasteiger partial charge in [-0.15, -0.1) is 4.73 Å². The van der Waals surface area contributed by atoms with Gasteiger partial charge in [0.1, 0.15) is 12.9 Å². The van der Waals surface area contributed by atoms with Crippen LogP contribution in [-0.4, -0.2) is 27.3 Å². The Bertz CT molecular complexity index is 1600. The number of anilines is 1. The number of nitrogens with zero attached hydrogens (tertiary/aromatic N) is 3. The highest BCUT2D eigenvalue weighted by Gasteiger charge is 2.27. The summed E-state index contributed by atoms with van der Waals surface area (Å²) in [7, 11) is 0. The molecule has 0 amide bonds. The van der Waals surface area contributed by atoms with Gasteiger partial charge in [0.05, 0.1) is 23.4 Å². The van der Waals surface area contributed by atoms with Gasteiger partial charge in [-0.25, -0.2) is 14.8 Å². The lowest BCUT2D eigenvalue weighted by Gasteiger charge is -2.19. The molecule has 0 atom stereocenters. The van der Waals surface area contributed by atoms with Crippen LogP contribution in [0, 0.1) is 0 Å². The number of carbonyl (C=O) groups excluding carboxylic acids is 1. The molecule has 38 heavy (non-hydrogen) atoms. The highest BCUT2D eigenvalue weighted by molar-refractivity contribution is 6.08. The molecule has 8 nitrogen and oxygen atoms in total. The van der Waals surface area contributed by atoms with Crippen LogP contribution in [0.3, 0.4) is 0 Å². The van der Waals surface area contributed by atoms with Crippen LogP contribution in [0.1, 0.15) is 28.4 Å². The SMILES string of the molecule is CCOC(=O)c1c(NCc2ccccc2)c2c(-c3ccccc3)ncnc2n(OCc2ccccc2)c1=O. The average molecular weight is 507 g/mol. The van der Waals surface area contributed by atoms with E-state index < -0.39 is 11.5 Å². The molecule has 8 heteroatoms. The van der Waals surface area contributed by atoms with Crippen LogP contribution in [0.15, 0.2) is 102 Å². The number of pyridine rings is 1. The fourth-order valence-electron chi connectivity index (χ4n) is 4.19. The molecule has 0 spiro atoms. The molecule has 0 saturated heterocycles. The summed E-state index contributed by atoms with van der Waals surface area (Å²) >= 11 is 0. The monoisotopic (exact) mass is 506 g/mol. The summed E-state index contributed by atoms with van der Waals surface area (Å²) in [6.45, 7) is 2.26. The van der Waals surface area contributed by atoms with E-state index in [0.717, 1.165) is 21.4 Å². The second-order valence-corrected chi connectivity index (χ2v) is 8.46. The Labute approximate surface area is 219 Å². The van der Waals surface area contributed by atoms with Gasteiger partial charge in [0.2, 0.25) is 0 Å². The molecule has 3 aromatic carbocycles. The van der Waals surface area contributed by atoms with E-state index in [0.29, 0.717) is 23.3 Å². The molecule has 190 valence electrons. The molecule has 0 radical (unpaired) electrons. The Kier molecular flexibility index (Phi) is 7.40. The number of fused-ring (bicyclic) bond motifs is 1. The summed E-state index contributed by atoms with van der Waals surface area (Å²) in [4.78, 5) is 42.1. The Morgan fingerprint density at radius 2 is 1.50 bits per heavy atom. The second-order valence-electron chi connectivity index (χ2n) is 8.46. The zero-order valence-corrected chi connectivity index (χ0v) is 20.8. The van der Waals surface area contributed by atoms with Crippen LogP contribution in [0.5, 0.6) is 0 Å². The standard InChI is InChI=1S/C30H26N4O4/c1-2-37-30(36)25-27(31-18-21-12-6-3-7-13-21)24-26(23-16-10-5-11-17-23)32-20-33-28(24)34(29(25)35)38-19-22-14-8-4-9-15-22/h3-17,20,31H,2,18-19H2,1H3. The summed E-state index contributed by atoms with van der Waals surface area (Å²) in [6, 6.07) is 28.7. The number of hydrogen-bond acceptors (Lipinski definition) is 7. The zero-order valence-electron chi connectivity index (χ0n) is 20.8. The average Bonchev–Trinajstić information content (AvgIpc) is 2.96. The summed E-state index contributed by atoms with van der Waals surface area (Å²) in [5.41, 5.74) is 2.87. The van der Waals surface area contributed by atoms with Gasteiger partial charge in [0, 0.05) is 12.1 Å². The first-order valence-corrected chi connectivity index (χ1v) is 12.3. The smallest absolute Gasteiger partial charge is 0.346 e. The molecule has 0 unspecified atom stereocenters. The van der Waals surface area contributed by atoms with Crippen LogP contribution in [-0.2, 0) is 17.9 Å². The van der Waals surface area contributed by atoms with E-state index in [2.05, 4.69) is 15.3 Å². The molecule has 0 saturated carbocycles. The van der Waals surface area contributed by atoms with E-state index in [1.807, 2.05) is 91.0 Å². The second kappa shape index (κ2) is 11.4. The van der Waals surface area contributed by atoms with Gasteiger partial charge < -0.3 is 14.9 Å². The van der Waals surface area contributed by atoms with E-state index in [1.165, 1.54) is 6.33 Å². The lowest BCUT2D eigenvalue weighted by molar-refractivity contribution is 0.0513. The van der Waals surface area contributed by atoms with Gasteiger partial charge in [-0.05, 0) is 18.1 Å². The topological polar surface area (TPSA) is 95.3 Å². The van der Waals surface area contributed by atoms with Crippen LogP contribution < -0.4 is 15.7 Å². The number of hydrogen-bond donors (Lipinski definition) is 1. The molecule has 5 aromatic rings. The van der Waals surface area contributed by atoms with Crippen LogP contribution in [0.2, 0.25) is 0 Å². The summed E-state index contributed by atoms with van der Waals surface area (Å²) in [6.07, 6.45) is 1.39. The predicted molar refractivity (Wildman–Crippen MR) is 146 cm³/mol. The van der Waals surface area contributed by atoms with Gasteiger partial charge in [-0.3, -0.25) is 4.79 Å². The third kappa shape index (κ3) is 5.10. The minimum atomic E-state index is -0.755. The minimum absolute atomic E-state index is 0.0968. The van der Waals surface area contributed by atoms with E-state index in [4.69, 9.17) is 9.57 Å². The van der Waals surface area contributed by atoms with Crippen molar-refractivity contribution < 1.29 is 14.4 Å². The first-order chi connectivity index (χ1) is 18.7. The highest BCUT2D eigenvalue weighted by Crippen LogP contribution is 2.33. The van der Waals surface area contributed by atoms with Crippen molar-refractivity contribution in [2.45, 2.75) is 20.1 Å². The van der Waals surface area contributed by atoms with Crippen molar-refractivity contribution in [2.75, 3.05) is 11.9 Å². The minimum Gasteiger partial charge on any atom is -0.462 e. The van der Waals surface area contributed by atoms with Crippen LogP contribution >= 0.6 is 0 Å². The highest BCUT2D eigenvalue weighted by atomic mass is 16.7. The summed E-state index contributed by atoms with van der Waals surface area (Å²) in [5.74, 6) is -0.755. The van der Waals surface area contributed by atoms with Crippen molar-refractivity contribution in [1.82, 2.24) is 14.7 Å². The van der Waals surface area contributed by atoms with Crippen molar-refractivity contribution in [1.29, 1.82) is 0 Å². The lowest BCUT2D eigenvalue weighted by atomic mass is 10.0. The lowest BCUT2D eigenvalue weighted by Crippen LogP contribution is -2.34. The third-order valence-electron chi connectivity index (χ3n) is 5.96. The fraction of sp³-hybridized carbons (Fsp3) is 0.133. The first kappa shape index (κ1) is 24.7. The molecular weight excluding hydrogens is 480 g/mol. The molecule has 0 aliphatic rings. The van der Waals surface area contributed by atoms with Gasteiger partial charge in [-0.1, -0.05) is 91.0 Å². The normalized spacial score (nSPS) is 10.8. The van der Waals surface area contributed by atoms with E-state index in [9.17, 15) is 9.59 Å². The van der Waals surface area contributed by atoms with E-state index >= 15 is 0 Å².